The normalized spacial score (nSPS) is 16.1. The molecule has 0 heterocycles. The predicted octanol–water partition coefficient (Wildman–Crippen LogP) is 3.93. The first kappa shape index (κ1) is 13.7. The first-order valence-electron chi connectivity index (χ1n) is 7.14. The number of halogens is 1. The molecule has 20 heavy (non-hydrogen) atoms. The number of rotatable bonds is 3. The number of hydrogen-bond acceptors (Lipinski definition) is 1. The van der Waals surface area contributed by atoms with E-state index in [2.05, 4.69) is 43.3 Å². The Kier molecular flexibility index (Phi) is 3.57. The fourth-order valence-electron chi connectivity index (χ4n) is 3.31. The molecule has 0 aromatic heterocycles. The minimum atomic E-state index is 0.128. The average Bonchev–Trinajstić information content (AvgIpc) is 2.81. The lowest BCUT2D eigenvalue weighted by atomic mass is 9.79. The second-order valence-corrected chi connectivity index (χ2v) is 6.51. The molecular weight excluding hydrogens is 266 g/mol. The van der Waals surface area contributed by atoms with Gasteiger partial charge in [0.25, 0.3) is 0 Å². The van der Waals surface area contributed by atoms with Crippen molar-refractivity contribution in [2.24, 2.45) is 11.1 Å². The molecule has 0 saturated carbocycles. The van der Waals surface area contributed by atoms with Crippen LogP contribution >= 0.6 is 11.6 Å². The summed E-state index contributed by atoms with van der Waals surface area (Å²) in [6, 6.07) is 15.0. The number of benzene rings is 2. The zero-order chi connectivity index (χ0) is 14.2. The molecule has 2 aromatic rings. The summed E-state index contributed by atoms with van der Waals surface area (Å²) in [5.41, 5.74) is 11.6. The van der Waals surface area contributed by atoms with Crippen LogP contribution in [0.5, 0.6) is 0 Å². The lowest BCUT2D eigenvalue weighted by Crippen LogP contribution is -2.33. The van der Waals surface area contributed by atoms with Crippen LogP contribution in [-0.4, -0.2) is 6.54 Å². The fraction of sp³-hybridized carbons (Fsp3) is 0.333. The van der Waals surface area contributed by atoms with E-state index in [0.717, 1.165) is 24.3 Å². The molecule has 2 N–H and O–H groups in total. The van der Waals surface area contributed by atoms with Crippen molar-refractivity contribution < 1.29 is 0 Å². The molecule has 0 aliphatic heterocycles. The Hall–Kier alpha value is -1.31. The van der Waals surface area contributed by atoms with Crippen molar-refractivity contribution in [3.8, 4) is 0 Å². The van der Waals surface area contributed by atoms with Crippen LogP contribution in [0.15, 0.2) is 42.5 Å². The molecule has 1 nitrogen and oxygen atoms in total. The van der Waals surface area contributed by atoms with Gasteiger partial charge in [0.1, 0.15) is 0 Å². The molecule has 0 spiro atoms. The van der Waals surface area contributed by atoms with E-state index < -0.39 is 0 Å². The van der Waals surface area contributed by atoms with E-state index in [1.54, 1.807) is 0 Å². The van der Waals surface area contributed by atoms with Crippen LogP contribution in [0, 0.1) is 12.3 Å². The van der Waals surface area contributed by atoms with Crippen LogP contribution in [0.1, 0.15) is 22.3 Å². The van der Waals surface area contributed by atoms with Crippen LogP contribution < -0.4 is 5.73 Å². The summed E-state index contributed by atoms with van der Waals surface area (Å²) in [5, 5.41) is 0.869. The summed E-state index contributed by atoms with van der Waals surface area (Å²) < 4.78 is 0. The molecule has 0 unspecified atom stereocenters. The van der Waals surface area contributed by atoms with Gasteiger partial charge in [-0.05, 0) is 66.5 Å². The standard InChI is InChI=1S/C18H20ClN/c1-13-6-7-16(17(19)8-13)11-18(12-20)9-14-4-2-3-5-15(14)10-18/h2-8H,9-12,20H2,1H3. The number of fused-ring (bicyclic) bond motifs is 1. The van der Waals surface area contributed by atoms with Crippen LogP contribution in [0.25, 0.3) is 0 Å². The van der Waals surface area contributed by atoms with Crippen molar-refractivity contribution in [2.75, 3.05) is 6.54 Å². The smallest absolute Gasteiger partial charge is 0.0440 e. The number of aryl methyl sites for hydroxylation is 1. The molecule has 1 aliphatic rings. The highest BCUT2D eigenvalue weighted by atomic mass is 35.5. The molecule has 2 aromatic carbocycles. The third-order valence-corrected chi connectivity index (χ3v) is 4.81. The summed E-state index contributed by atoms with van der Waals surface area (Å²) >= 11 is 6.40. The van der Waals surface area contributed by atoms with Gasteiger partial charge >= 0.3 is 0 Å². The van der Waals surface area contributed by atoms with E-state index in [1.165, 1.54) is 22.3 Å². The zero-order valence-electron chi connectivity index (χ0n) is 11.8. The van der Waals surface area contributed by atoms with Crippen LogP contribution in [-0.2, 0) is 19.3 Å². The van der Waals surface area contributed by atoms with Crippen molar-refractivity contribution in [1.29, 1.82) is 0 Å². The molecule has 2 heteroatoms. The summed E-state index contributed by atoms with van der Waals surface area (Å²) in [5.74, 6) is 0. The minimum Gasteiger partial charge on any atom is -0.330 e. The van der Waals surface area contributed by atoms with Gasteiger partial charge in [0.15, 0.2) is 0 Å². The Balaban J connectivity index is 1.89. The highest BCUT2D eigenvalue weighted by Gasteiger charge is 2.36. The van der Waals surface area contributed by atoms with E-state index in [0.29, 0.717) is 6.54 Å². The van der Waals surface area contributed by atoms with Gasteiger partial charge in [-0.2, -0.15) is 0 Å². The molecule has 104 valence electrons. The van der Waals surface area contributed by atoms with Crippen LogP contribution in [0.2, 0.25) is 5.02 Å². The topological polar surface area (TPSA) is 26.0 Å². The molecule has 0 fully saturated rings. The fourth-order valence-corrected chi connectivity index (χ4v) is 3.62. The molecule has 1 aliphatic carbocycles. The van der Waals surface area contributed by atoms with Gasteiger partial charge in [-0.15, -0.1) is 0 Å². The predicted molar refractivity (Wildman–Crippen MR) is 85.2 cm³/mol. The Morgan fingerprint density at radius 3 is 2.30 bits per heavy atom. The van der Waals surface area contributed by atoms with Crippen molar-refractivity contribution in [3.05, 3.63) is 69.7 Å². The third kappa shape index (κ3) is 2.48. The van der Waals surface area contributed by atoms with Gasteiger partial charge in [-0.3, -0.25) is 0 Å². The highest BCUT2D eigenvalue weighted by molar-refractivity contribution is 6.31. The lowest BCUT2D eigenvalue weighted by molar-refractivity contribution is 0.315. The first-order chi connectivity index (χ1) is 9.62. The lowest BCUT2D eigenvalue weighted by Gasteiger charge is -2.28. The summed E-state index contributed by atoms with van der Waals surface area (Å²) in [6.45, 7) is 2.77. The molecule has 0 atom stereocenters. The van der Waals surface area contributed by atoms with Crippen molar-refractivity contribution in [2.45, 2.75) is 26.2 Å². The number of hydrogen-bond donors (Lipinski definition) is 1. The summed E-state index contributed by atoms with van der Waals surface area (Å²) in [4.78, 5) is 0. The Bertz CT molecular complexity index is 608. The van der Waals surface area contributed by atoms with E-state index in [9.17, 15) is 0 Å². The van der Waals surface area contributed by atoms with Gasteiger partial charge in [0, 0.05) is 5.02 Å². The maximum Gasteiger partial charge on any atom is 0.0440 e. The first-order valence-corrected chi connectivity index (χ1v) is 7.52. The summed E-state index contributed by atoms with van der Waals surface area (Å²) in [6.07, 6.45) is 3.07. The van der Waals surface area contributed by atoms with Crippen molar-refractivity contribution >= 4 is 11.6 Å². The van der Waals surface area contributed by atoms with Gasteiger partial charge < -0.3 is 5.73 Å². The monoisotopic (exact) mass is 285 g/mol. The average molecular weight is 286 g/mol. The quantitative estimate of drug-likeness (QED) is 0.908. The van der Waals surface area contributed by atoms with Gasteiger partial charge in [0.2, 0.25) is 0 Å². The van der Waals surface area contributed by atoms with E-state index in [-0.39, 0.29) is 5.41 Å². The molecule has 0 amide bonds. The molecule has 0 bridgehead atoms. The van der Waals surface area contributed by atoms with Crippen LogP contribution in [0.4, 0.5) is 0 Å². The van der Waals surface area contributed by atoms with E-state index in [4.69, 9.17) is 17.3 Å². The van der Waals surface area contributed by atoms with Crippen LogP contribution in [0.3, 0.4) is 0 Å². The zero-order valence-corrected chi connectivity index (χ0v) is 12.6. The molecular formula is C18H20ClN. The van der Waals surface area contributed by atoms with Gasteiger partial charge in [-0.1, -0.05) is 48.0 Å². The largest absolute Gasteiger partial charge is 0.330 e. The molecule has 0 radical (unpaired) electrons. The van der Waals surface area contributed by atoms with Crippen molar-refractivity contribution in [1.82, 2.24) is 0 Å². The third-order valence-electron chi connectivity index (χ3n) is 4.46. The minimum absolute atomic E-state index is 0.128. The second-order valence-electron chi connectivity index (χ2n) is 6.10. The van der Waals surface area contributed by atoms with E-state index in [1.807, 2.05) is 6.07 Å². The Morgan fingerprint density at radius 2 is 1.75 bits per heavy atom. The SMILES string of the molecule is Cc1ccc(CC2(CN)Cc3ccccc3C2)c(Cl)c1. The van der Waals surface area contributed by atoms with Gasteiger partial charge in [-0.25, -0.2) is 0 Å². The summed E-state index contributed by atoms with van der Waals surface area (Å²) in [7, 11) is 0. The Labute approximate surface area is 125 Å². The molecule has 3 rings (SSSR count). The number of nitrogens with two attached hydrogens (primary N) is 1. The maximum absolute atomic E-state index is 6.40. The highest BCUT2D eigenvalue weighted by Crippen LogP contribution is 2.40. The van der Waals surface area contributed by atoms with Gasteiger partial charge in [0.05, 0.1) is 0 Å². The van der Waals surface area contributed by atoms with E-state index >= 15 is 0 Å². The molecule has 0 saturated heterocycles. The second kappa shape index (κ2) is 5.23. The Morgan fingerprint density at radius 1 is 1.10 bits per heavy atom. The van der Waals surface area contributed by atoms with Crippen molar-refractivity contribution in [3.63, 3.8) is 0 Å². The maximum atomic E-state index is 6.40.